The van der Waals surface area contributed by atoms with Crippen LogP contribution in [0.5, 0.6) is 5.75 Å². The van der Waals surface area contributed by atoms with Crippen LogP contribution in [0.25, 0.3) is 0 Å². The van der Waals surface area contributed by atoms with Crippen LogP contribution in [0, 0.1) is 6.92 Å². The molecule has 0 bridgehead atoms. The fourth-order valence-electron chi connectivity index (χ4n) is 2.63. The summed E-state index contributed by atoms with van der Waals surface area (Å²) in [6, 6.07) is 5.59. The fourth-order valence-corrected chi connectivity index (χ4v) is 2.63. The summed E-state index contributed by atoms with van der Waals surface area (Å²) in [5, 5.41) is 2.94. The number of rotatable bonds is 5. The Morgan fingerprint density at radius 2 is 2.00 bits per heavy atom. The molecule has 6 nitrogen and oxygen atoms in total. The lowest BCUT2D eigenvalue weighted by Gasteiger charge is -2.35. The lowest BCUT2D eigenvalue weighted by molar-refractivity contribution is -0.0530. The molecule has 0 spiro atoms. The van der Waals surface area contributed by atoms with E-state index >= 15 is 0 Å². The van der Waals surface area contributed by atoms with Crippen molar-refractivity contribution in [3.05, 3.63) is 23.8 Å². The minimum Gasteiger partial charge on any atom is -0.489 e. The number of urea groups is 1. The van der Waals surface area contributed by atoms with Crippen LogP contribution in [0.4, 0.5) is 10.5 Å². The summed E-state index contributed by atoms with van der Waals surface area (Å²) >= 11 is 0. The first-order valence-corrected chi connectivity index (χ1v) is 7.93. The van der Waals surface area contributed by atoms with Crippen molar-refractivity contribution < 1.29 is 19.0 Å². The van der Waals surface area contributed by atoms with Crippen molar-refractivity contribution in [2.75, 3.05) is 38.7 Å². The molecule has 0 aliphatic carbocycles. The number of hydrogen-bond donors (Lipinski definition) is 1. The zero-order valence-electron chi connectivity index (χ0n) is 14.3. The Balaban J connectivity index is 2.04. The van der Waals surface area contributed by atoms with Gasteiger partial charge >= 0.3 is 6.03 Å². The number of morpholine rings is 1. The summed E-state index contributed by atoms with van der Waals surface area (Å²) in [7, 11) is 1.63. The van der Waals surface area contributed by atoms with Crippen LogP contribution in [0.2, 0.25) is 0 Å². The van der Waals surface area contributed by atoms with Crippen molar-refractivity contribution in [3.63, 3.8) is 0 Å². The largest absolute Gasteiger partial charge is 0.489 e. The van der Waals surface area contributed by atoms with Crippen molar-refractivity contribution in [3.8, 4) is 5.75 Å². The Labute approximate surface area is 137 Å². The van der Waals surface area contributed by atoms with Crippen molar-refractivity contribution in [2.24, 2.45) is 0 Å². The van der Waals surface area contributed by atoms with E-state index in [4.69, 9.17) is 14.2 Å². The Morgan fingerprint density at radius 1 is 1.30 bits per heavy atom. The van der Waals surface area contributed by atoms with Gasteiger partial charge in [0.05, 0.1) is 24.5 Å². The molecule has 1 fully saturated rings. The van der Waals surface area contributed by atoms with Gasteiger partial charge in [-0.2, -0.15) is 0 Å². The minimum atomic E-state index is -0.132. The highest BCUT2D eigenvalue weighted by atomic mass is 16.5. The van der Waals surface area contributed by atoms with Gasteiger partial charge in [0.1, 0.15) is 12.4 Å². The maximum absolute atomic E-state index is 12.5. The van der Waals surface area contributed by atoms with E-state index in [2.05, 4.69) is 5.32 Å². The number of aryl methyl sites for hydroxylation is 1. The van der Waals surface area contributed by atoms with Crippen LogP contribution in [0.3, 0.4) is 0 Å². The first-order chi connectivity index (χ1) is 11.0. The molecule has 0 saturated carbocycles. The number of methoxy groups -OCH3 is 1. The van der Waals surface area contributed by atoms with E-state index in [1.54, 1.807) is 12.0 Å². The molecule has 0 radical (unpaired) electrons. The molecule has 1 aliphatic rings. The molecule has 2 rings (SSSR count). The van der Waals surface area contributed by atoms with Gasteiger partial charge in [-0.15, -0.1) is 0 Å². The van der Waals surface area contributed by atoms with E-state index in [1.165, 1.54) is 0 Å². The van der Waals surface area contributed by atoms with Crippen LogP contribution in [0.1, 0.15) is 19.4 Å². The minimum absolute atomic E-state index is 0.0416. The van der Waals surface area contributed by atoms with E-state index in [1.807, 2.05) is 39.0 Å². The van der Waals surface area contributed by atoms with E-state index in [-0.39, 0.29) is 18.2 Å². The molecule has 1 N–H and O–H groups in total. The average molecular weight is 322 g/mol. The molecular formula is C17H26N2O4. The first kappa shape index (κ1) is 17.6. The normalized spacial score (nSPS) is 21.1. The Bertz CT molecular complexity index is 525. The quantitative estimate of drug-likeness (QED) is 0.847. The first-order valence-electron chi connectivity index (χ1n) is 7.93. The molecule has 0 aromatic heterocycles. The third kappa shape index (κ3) is 5.11. The second-order valence-electron chi connectivity index (χ2n) is 5.93. The lowest BCUT2D eigenvalue weighted by atomic mass is 10.2. The second kappa shape index (κ2) is 8.17. The number of anilines is 1. The second-order valence-corrected chi connectivity index (χ2v) is 5.93. The van der Waals surface area contributed by atoms with Crippen LogP contribution < -0.4 is 10.1 Å². The van der Waals surface area contributed by atoms with Crippen molar-refractivity contribution in [1.82, 2.24) is 4.90 Å². The topological polar surface area (TPSA) is 60.0 Å². The SMILES string of the molecule is COCCOc1cc(C)ccc1NC(=O)N1CC(C)OC(C)C1. The highest BCUT2D eigenvalue weighted by Crippen LogP contribution is 2.26. The number of benzene rings is 1. The summed E-state index contributed by atoms with van der Waals surface area (Å²) in [5.74, 6) is 0.657. The lowest BCUT2D eigenvalue weighted by Crippen LogP contribution is -2.49. The van der Waals surface area contributed by atoms with Gasteiger partial charge in [-0.1, -0.05) is 6.07 Å². The van der Waals surface area contributed by atoms with Gasteiger partial charge in [-0.3, -0.25) is 0 Å². The van der Waals surface area contributed by atoms with E-state index in [9.17, 15) is 4.79 Å². The standard InChI is InChI=1S/C17H26N2O4/c1-12-5-6-15(16(9-12)22-8-7-21-4)18-17(20)19-10-13(2)23-14(3)11-19/h5-6,9,13-14H,7-8,10-11H2,1-4H3,(H,18,20). The van der Waals surface area contributed by atoms with Crippen LogP contribution >= 0.6 is 0 Å². The van der Waals surface area contributed by atoms with Gasteiger partial charge in [0.2, 0.25) is 0 Å². The van der Waals surface area contributed by atoms with Crippen LogP contribution in [-0.4, -0.2) is 56.6 Å². The Morgan fingerprint density at radius 3 is 2.65 bits per heavy atom. The van der Waals surface area contributed by atoms with Crippen molar-refractivity contribution >= 4 is 11.7 Å². The molecule has 23 heavy (non-hydrogen) atoms. The number of amides is 2. The van der Waals surface area contributed by atoms with Crippen LogP contribution in [-0.2, 0) is 9.47 Å². The van der Waals surface area contributed by atoms with Gasteiger partial charge in [0, 0.05) is 20.2 Å². The monoisotopic (exact) mass is 322 g/mol. The van der Waals surface area contributed by atoms with E-state index in [0.717, 1.165) is 5.56 Å². The number of hydrogen-bond acceptors (Lipinski definition) is 4. The number of nitrogens with zero attached hydrogens (tertiary/aromatic N) is 1. The van der Waals surface area contributed by atoms with Gasteiger partial charge in [0.25, 0.3) is 0 Å². The molecule has 1 saturated heterocycles. The highest BCUT2D eigenvalue weighted by molar-refractivity contribution is 5.91. The van der Waals surface area contributed by atoms with E-state index < -0.39 is 0 Å². The molecule has 6 heteroatoms. The number of carbonyl (C=O) groups is 1. The van der Waals surface area contributed by atoms with Gasteiger partial charge in [-0.05, 0) is 38.5 Å². The smallest absolute Gasteiger partial charge is 0.322 e. The molecule has 2 unspecified atom stereocenters. The van der Waals surface area contributed by atoms with Gasteiger partial charge in [0.15, 0.2) is 0 Å². The predicted molar refractivity (Wildman–Crippen MR) is 89.2 cm³/mol. The summed E-state index contributed by atoms with van der Waals surface area (Å²) in [6.07, 6.45) is 0.0832. The number of carbonyl (C=O) groups excluding carboxylic acids is 1. The summed E-state index contributed by atoms with van der Waals surface area (Å²) in [6.45, 7) is 8.04. The molecular weight excluding hydrogens is 296 g/mol. The molecule has 1 aromatic rings. The molecule has 1 heterocycles. The summed E-state index contributed by atoms with van der Waals surface area (Å²) in [4.78, 5) is 14.3. The molecule has 2 amide bonds. The number of nitrogens with one attached hydrogen (secondary N) is 1. The number of ether oxygens (including phenoxy) is 3. The van der Waals surface area contributed by atoms with Gasteiger partial charge in [-0.25, -0.2) is 4.79 Å². The van der Waals surface area contributed by atoms with Gasteiger partial charge < -0.3 is 24.4 Å². The Kier molecular flexibility index (Phi) is 6.24. The maximum Gasteiger partial charge on any atom is 0.322 e. The third-order valence-corrected chi connectivity index (χ3v) is 3.63. The average Bonchev–Trinajstić information content (AvgIpc) is 2.49. The summed E-state index contributed by atoms with van der Waals surface area (Å²) < 4.78 is 16.4. The fraction of sp³-hybridized carbons (Fsp3) is 0.588. The Hall–Kier alpha value is -1.79. The van der Waals surface area contributed by atoms with E-state index in [0.29, 0.717) is 37.7 Å². The maximum atomic E-state index is 12.5. The summed E-state index contributed by atoms with van der Waals surface area (Å²) in [5.41, 5.74) is 1.74. The van der Waals surface area contributed by atoms with Crippen molar-refractivity contribution in [1.29, 1.82) is 0 Å². The zero-order chi connectivity index (χ0) is 16.8. The molecule has 1 aliphatic heterocycles. The highest BCUT2D eigenvalue weighted by Gasteiger charge is 2.26. The molecule has 1 aromatic carbocycles. The molecule has 2 atom stereocenters. The molecule has 128 valence electrons. The zero-order valence-corrected chi connectivity index (χ0v) is 14.3. The third-order valence-electron chi connectivity index (χ3n) is 3.63. The predicted octanol–water partition coefficient (Wildman–Crippen LogP) is 2.66. The van der Waals surface area contributed by atoms with Crippen molar-refractivity contribution in [2.45, 2.75) is 33.0 Å². The van der Waals surface area contributed by atoms with Crippen LogP contribution in [0.15, 0.2) is 18.2 Å².